The van der Waals surface area contributed by atoms with Crippen LogP contribution in [0.2, 0.25) is 5.02 Å². The van der Waals surface area contributed by atoms with Crippen LogP contribution in [0.25, 0.3) is 0 Å². The summed E-state index contributed by atoms with van der Waals surface area (Å²) in [4.78, 5) is 25.5. The summed E-state index contributed by atoms with van der Waals surface area (Å²) in [6.45, 7) is 1.83. The average molecular weight is 323 g/mol. The van der Waals surface area contributed by atoms with Crippen molar-refractivity contribution in [3.8, 4) is 0 Å². The fourth-order valence-corrected chi connectivity index (χ4v) is 3.12. The third kappa shape index (κ3) is 4.73. The van der Waals surface area contributed by atoms with Crippen molar-refractivity contribution in [2.75, 3.05) is 11.4 Å². The maximum absolute atomic E-state index is 12.1. The normalized spacial score (nSPS) is 15.4. The van der Waals surface area contributed by atoms with Crippen molar-refractivity contribution < 1.29 is 9.59 Å². The fourth-order valence-electron chi connectivity index (χ4n) is 2.88. The highest BCUT2D eigenvalue weighted by atomic mass is 35.5. The number of para-hydroxylation sites is 1. The molecule has 0 radical (unpaired) electrons. The van der Waals surface area contributed by atoms with Crippen molar-refractivity contribution in [1.82, 2.24) is 5.32 Å². The molecule has 4 nitrogen and oxygen atoms in total. The van der Waals surface area contributed by atoms with Crippen LogP contribution in [0.1, 0.15) is 45.4 Å². The molecule has 5 heteroatoms. The van der Waals surface area contributed by atoms with E-state index in [2.05, 4.69) is 5.32 Å². The Balaban J connectivity index is 1.90. The van der Waals surface area contributed by atoms with E-state index in [9.17, 15) is 9.59 Å². The molecule has 0 saturated heterocycles. The Morgan fingerprint density at radius 1 is 1.23 bits per heavy atom. The molecule has 0 aliphatic heterocycles. The van der Waals surface area contributed by atoms with Crippen LogP contribution in [0.3, 0.4) is 0 Å². The molecule has 120 valence electrons. The third-order valence-electron chi connectivity index (χ3n) is 4.06. The Hall–Kier alpha value is -1.55. The lowest BCUT2D eigenvalue weighted by atomic mass is 9.95. The molecule has 2 amide bonds. The molecule has 1 aliphatic carbocycles. The molecule has 0 aromatic heterocycles. The van der Waals surface area contributed by atoms with Crippen LogP contribution >= 0.6 is 11.6 Å². The minimum atomic E-state index is -0.112. The highest BCUT2D eigenvalue weighted by Crippen LogP contribution is 2.25. The Labute approximate surface area is 136 Å². The summed E-state index contributed by atoms with van der Waals surface area (Å²) in [5.74, 6) is -0.108. The van der Waals surface area contributed by atoms with Gasteiger partial charge >= 0.3 is 0 Å². The van der Waals surface area contributed by atoms with E-state index in [4.69, 9.17) is 11.6 Å². The molecule has 1 aromatic rings. The second kappa shape index (κ2) is 8.18. The highest BCUT2D eigenvalue weighted by Gasteiger charge is 2.18. The predicted molar refractivity (Wildman–Crippen MR) is 89.1 cm³/mol. The maximum Gasteiger partial charge on any atom is 0.223 e. The van der Waals surface area contributed by atoms with E-state index < -0.39 is 0 Å². The van der Waals surface area contributed by atoms with Gasteiger partial charge in [0.25, 0.3) is 0 Å². The molecular formula is C17H23ClN2O2. The van der Waals surface area contributed by atoms with Crippen LogP contribution in [-0.2, 0) is 9.59 Å². The van der Waals surface area contributed by atoms with E-state index in [0.717, 1.165) is 12.8 Å². The van der Waals surface area contributed by atoms with Gasteiger partial charge in [-0.25, -0.2) is 0 Å². The number of anilines is 1. The lowest BCUT2D eigenvalue weighted by molar-refractivity contribution is -0.121. The van der Waals surface area contributed by atoms with Crippen LogP contribution < -0.4 is 10.2 Å². The summed E-state index contributed by atoms with van der Waals surface area (Å²) >= 11 is 6.14. The van der Waals surface area contributed by atoms with Gasteiger partial charge in [-0.2, -0.15) is 0 Å². The van der Waals surface area contributed by atoms with E-state index in [-0.39, 0.29) is 11.8 Å². The number of benzene rings is 1. The first-order valence-corrected chi connectivity index (χ1v) is 8.27. The SMILES string of the molecule is CC(=O)N(CCC(=O)NC1CCCCC1)c1ccccc1Cl. The number of rotatable bonds is 5. The van der Waals surface area contributed by atoms with Gasteiger partial charge in [0.05, 0.1) is 10.7 Å². The Morgan fingerprint density at radius 2 is 1.91 bits per heavy atom. The third-order valence-corrected chi connectivity index (χ3v) is 4.38. The number of carbonyl (C=O) groups is 2. The molecule has 0 spiro atoms. The first kappa shape index (κ1) is 16.8. The zero-order valence-electron chi connectivity index (χ0n) is 13.0. The van der Waals surface area contributed by atoms with E-state index in [0.29, 0.717) is 29.7 Å². The number of hydrogen-bond acceptors (Lipinski definition) is 2. The van der Waals surface area contributed by atoms with Crippen molar-refractivity contribution >= 4 is 29.1 Å². The Morgan fingerprint density at radius 3 is 2.55 bits per heavy atom. The molecule has 0 heterocycles. The quantitative estimate of drug-likeness (QED) is 0.901. The summed E-state index contributed by atoms with van der Waals surface area (Å²) in [5.41, 5.74) is 0.655. The summed E-state index contributed by atoms with van der Waals surface area (Å²) in [6, 6.07) is 7.49. The molecule has 1 N–H and O–H groups in total. The summed E-state index contributed by atoms with van der Waals surface area (Å²) < 4.78 is 0. The van der Waals surface area contributed by atoms with Gasteiger partial charge in [-0.3, -0.25) is 9.59 Å². The molecule has 1 fully saturated rings. The summed E-state index contributed by atoms with van der Waals surface area (Å²) in [5, 5.41) is 3.59. The van der Waals surface area contributed by atoms with Crippen LogP contribution in [0.15, 0.2) is 24.3 Å². The molecule has 1 aliphatic rings. The standard InChI is InChI=1S/C17H23ClN2O2/c1-13(21)20(16-10-6-5-9-15(16)18)12-11-17(22)19-14-7-3-2-4-8-14/h5-6,9-10,14H,2-4,7-8,11-12H2,1H3,(H,19,22). The van der Waals surface area contributed by atoms with Gasteiger partial charge in [0.1, 0.15) is 0 Å². The lowest BCUT2D eigenvalue weighted by Crippen LogP contribution is -2.39. The van der Waals surface area contributed by atoms with Crippen molar-refractivity contribution in [1.29, 1.82) is 0 Å². The zero-order valence-corrected chi connectivity index (χ0v) is 13.7. The molecule has 0 atom stereocenters. The smallest absolute Gasteiger partial charge is 0.223 e. The number of halogens is 1. The monoisotopic (exact) mass is 322 g/mol. The molecule has 0 bridgehead atoms. The van der Waals surface area contributed by atoms with Gasteiger partial charge in [-0.1, -0.05) is 43.0 Å². The van der Waals surface area contributed by atoms with Gasteiger partial charge in [0.2, 0.25) is 11.8 Å². The predicted octanol–water partition coefficient (Wildman–Crippen LogP) is 3.53. The highest BCUT2D eigenvalue weighted by molar-refractivity contribution is 6.33. The van der Waals surface area contributed by atoms with E-state index >= 15 is 0 Å². The van der Waals surface area contributed by atoms with Gasteiger partial charge in [-0.15, -0.1) is 0 Å². The van der Waals surface area contributed by atoms with Gasteiger partial charge in [0, 0.05) is 25.9 Å². The minimum Gasteiger partial charge on any atom is -0.353 e. The Bertz CT molecular complexity index is 527. The number of nitrogens with zero attached hydrogens (tertiary/aromatic N) is 1. The largest absolute Gasteiger partial charge is 0.353 e. The van der Waals surface area contributed by atoms with Crippen LogP contribution in [0.4, 0.5) is 5.69 Å². The number of hydrogen-bond donors (Lipinski definition) is 1. The first-order chi connectivity index (χ1) is 10.6. The van der Waals surface area contributed by atoms with Gasteiger partial charge < -0.3 is 10.2 Å². The van der Waals surface area contributed by atoms with Gasteiger partial charge in [-0.05, 0) is 25.0 Å². The molecule has 1 saturated carbocycles. The number of amides is 2. The van der Waals surface area contributed by atoms with Gasteiger partial charge in [0.15, 0.2) is 0 Å². The van der Waals surface area contributed by atoms with Crippen molar-refractivity contribution in [3.05, 3.63) is 29.3 Å². The number of nitrogens with one attached hydrogen (secondary N) is 1. The minimum absolute atomic E-state index is 0.00482. The van der Waals surface area contributed by atoms with E-state index in [1.165, 1.54) is 26.2 Å². The molecule has 1 aromatic carbocycles. The average Bonchev–Trinajstić information content (AvgIpc) is 2.50. The Kier molecular flexibility index (Phi) is 6.25. The second-order valence-electron chi connectivity index (χ2n) is 5.77. The van der Waals surface area contributed by atoms with Crippen molar-refractivity contribution in [2.24, 2.45) is 0 Å². The van der Waals surface area contributed by atoms with Crippen molar-refractivity contribution in [3.63, 3.8) is 0 Å². The van der Waals surface area contributed by atoms with Crippen molar-refractivity contribution in [2.45, 2.75) is 51.5 Å². The van der Waals surface area contributed by atoms with Crippen LogP contribution in [0, 0.1) is 0 Å². The molecular weight excluding hydrogens is 300 g/mol. The van der Waals surface area contributed by atoms with Crippen LogP contribution in [-0.4, -0.2) is 24.4 Å². The molecule has 2 rings (SSSR count). The van der Waals surface area contributed by atoms with Crippen LogP contribution in [0.5, 0.6) is 0 Å². The molecule has 22 heavy (non-hydrogen) atoms. The topological polar surface area (TPSA) is 49.4 Å². The fraction of sp³-hybridized carbons (Fsp3) is 0.529. The summed E-state index contributed by atoms with van der Waals surface area (Å²) in [7, 11) is 0. The lowest BCUT2D eigenvalue weighted by Gasteiger charge is -2.25. The van der Waals surface area contributed by atoms with E-state index in [1.54, 1.807) is 17.0 Å². The molecule has 0 unspecified atom stereocenters. The number of carbonyl (C=O) groups excluding carboxylic acids is 2. The maximum atomic E-state index is 12.1. The second-order valence-corrected chi connectivity index (χ2v) is 6.18. The zero-order chi connectivity index (χ0) is 15.9. The summed E-state index contributed by atoms with van der Waals surface area (Å²) in [6.07, 6.45) is 6.05. The first-order valence-electron chi connectivity index (χ1n) is 7.90. The van der Waals surface area contributed by atoms with E-state index in [1.807, 2.05) is 12.1 Å².